The molecule has 0 saturated heterocycles. The normalized spacial score (nSPS) is 11.3. The molecule has 0 radical (unpaired) electrons. The first-order chi connectivity index (χ1) is 8.92. The second kappa shape index (κ2) is 5.11. The van der Waals surface area contributed by atoms with Gasteiger partial charge in [-0.15, -0.1) is 0 Å². The summed E-state index contributed by atoms with van der Waals surface area (Å²) in [5.41, 5.74) is 0.673. The molecule has 0 aliphatic carbocycles. The second-order valence-electron chi connectivity index (χ2n) is 4.01. The number of sulfonamides is 1. The van der Waals surface area contributed by atoms with Crippen LogP contribution in [-0.2, 0) is 10.0 Å². The monoisotopic (exact) mass is 297 g/mol. The number of hydrogen-bond acceptors (Lipinski definition) is 3. The lowest BCUT2D eigenvalue weighted by molar-refractivity contribution is 0.478. The van der Waals surface area contributed by atoms with Crippen molar-refractivity contribution < 1.29 is 13.5 Å². The smallest absolute Gasteiger partial charge is 0.262 e. The number of phenols is 1. The van der Waals surface area contributed by atoms with Gasteiger partial charge in [0.15, 0.2) is 5.75 Å². The summed E-state index contributed by atoms with van der Waals surface area (Å²) in [6, 6.07) is 11.1. The molecule has 0 heterocycles. The van der Waals surface area contributed by atoms with Gasteiger partial charge >= 0.3 is 0 Å². The highest BCUT2D eigenvalue weighted by molar-refractivity contribution is 7.92. The number of nitrogens with one attached hydrogen (secondary N) is 1. The molecule has 19 heavy (non-hydrogen) atoms. The lowest BCUT2D eigenvalue weighted by Crippen LogP contribution is -2.14. The molecule has 0 spiro atoms. The van der Waals surface area contributed by atoms with E-state index in [1.807, 2.05) is 0 Å². The van der Waals surface area contributed by atoms with Crippen molar-refractivity contribution in [3.8, 4) is 5.75 Å². The molecule has 2 aromatic rings. The number of rotatable bonds is 3. The van der Waals surface area contributed by atoms with E-state index in [0.29, 0.717) is 5.56 Å². The average molecular weight is 298 g/mol. The standard InChI is InChI=1S/C13H12ClNO3S/c1-9-5-2-3-8-12(9)19(17,18)15-11-7-4-6-10(14)13(11)16/h2-8,15-16H,1H3. The average Bonchev–Trinajstić information content (AvgIpc) is 2.35. The van der Waals surface area contributed by atoms with Gasteiger partial charge in [0.05, 0.1) is 15.6 Å². The summed E-state index contributed by atoms with van der Waals surface area (Å²) in [5.74, 6) is -0.290. The van der Waals surface area contributed by atoms with Gasteiger partial charge in [-0.05, 0) is 30.7 Å². The number of anilines is 1. The molecule has 2 N–H and O–H groups in total. The van der Waals surface area contributed by atoms with E-state index in [0.717, 1.165) is 0 Å². The van der Waals surface area contributed by atoms with Crippen LogP contribution < -0.4 is 4.72 Å². The maximum atomic E-state index is 12.2. The van der Waals surface area contributed by atoms with Crippen LogP contribution in [0.1, 0.15) is 5.56 Å². The Morgan fingerprint density at radius 1 is 1.11 bits per heavy atom. The van der Waals surface area contributed by atoms with Crippen LogP contribution in [0.15, 0.2) is 47.4 Å². The van der Waals surface area contributed by atoms with Crippen molar-refractivity contribution in [2.75, 3.05) is 4.72 Å². The van der Waals surface area contributed by atoms with E-state index in [1.165, 1.54) is 18.2 Å². The fraction of sp³-hybridized carbons (Fsp3) is 0.0769. The summed E-state index contributed by atoms with van der Waals surface area (Å²) >= 11 is 5.74. The second-order valence-corrected chi connectivity index (χ2v) is 6.07. The van der Waals surface area contributed by atoms with Crippen LogP contribution in [0.5, 0.6) is 5.75 Å². The number of benzene rings is 2. The van der Waals surface area contributed by atoms with E-state index in [1.54, 1.807) is 31.2 Å². The van der Waals surface area contributed by atoms with Crippen molar-refractivity contribution in [2.24, 2.45) is 0 Å². The topological polar surface area (TPSA) is 66.4 Å². The van der Waals surface area contributed by atoms with Crippen molar-refractivity contribution in [2.45, 2.75) is 11.8 Å². The third-order valence-electron chi connectivity index (χ3n) is 2.61. The number of aromatic hydroxyl groups is 1. The molecule has 0 saturated carbocycles. The lowest BCUT2D eigenvalue weighted by atomic mass is 10.2. The minimum atomic E-state index is -3.75. The van der Waals surface area contributed by atoms with Crippen LogP contribution >= 0.6 is 11.6 Å². The first-order valence-electron chi connectivity index (χ1n) is 5.48. The zero-order valence-corrected chi connectivity index (χ0v) is 11.7. The molecular weight excluding hydrogens is 286 g/mol. The van der Waals surface area contributed by atoms with Gasteiger partial charge in [0.25, 0.3) is 10.0 Å². The van der Waals surface area contributed by atoms with E-state index in [4.69, 9.17) is 11.6 Å². The lowest BCUT2D eigenvalue weighted by Gasteiger charge is -2.11. The molecule has 0 atom stereocenters. The predicted molar refractivity (Wildman–Crippen MR) is 75.1 cm³/mol. The minimum Gasteiger partial charge on any atom is -0.504 e. The minimum absolute atomic E-state index is 0.0516. The largest absolute Gasteiger partial charge is 0.504 e. The highest BCUT2D eigenvalue weighted by Crippen LogP contribution is 2.32. The fourth-order valence-electron chi connectivity index (χ4n) is 1.66. The third kappa shape index (κ3) is 2.83. The Kier molecular flexibility index (Phi) is 3.68. The molecule has 0 aliphatic rings. The zero-order valence-electron chi connectivity index (χ0n) is 10.1. The van der Waals surface area contributed by atoms with Gasteiger partial charge in [0, 0.05) is 0 Å². The molecular formula is C13H12ClNO3S. The molecule has 100 valence electrons. The molecule has 0 amide bonds. The summed E-state index contributed by atoms with van der Waals surface area (Å²) < 4.78 is 26.8. The van der Waals surface area contributed by atoms with Crippen molar-refractivity contribution in [1.29, 1.82) is 0 Å². The Labute approximate surface area is 116 Å². The number of aryl methyl sites for hydroxylation is 1. The first-order valence-corrected chi connectivity index (χ1v) is 7.34. The SMILES string of the molecule is Cc1ccccc1S(=O)(=O)Nc1cccc(Cl)c1O. The van der Waals surface area contributed by atoms with Crippen molar-refractivity contribution in [1.82, 2.24) is 0 Å². The van der Waals surface area contributed by atoms with E-state index in [9.17, 15) is 13.5 Å². The fourth-order valence-corrected chi connectivity index (χ4v) is 3.14. The van der Waals surface area contributed by atoms with Crippen LogP contribution in [0.25, 0.3) is 0 Å². The third-order valence-corrected chi connectivity index (χ3v) is 4.44. The zero-order chi connectivity index (χ0) is 14.0. The van der Waals surface area contributed by atoms with Gasteiger partial charge in [-0.25, -0.2) is 8.42 Å². The Morgan fingerprint density at radius 3 is 2.47 bits per heavy atom. The summed E-state index contributed by atoms with van der Waals surface area (Å²) in [6.45, 7) is 1.70. The van der Waals surface area contributed by atoms with Crippen LogP contribution in [0.3, 0.4) is 0 Å². The van der Waals surface area contributed by atoms with Crippen molar-refractivity contribution >= 4 is 27.3 Å². The van der Waals surface area contributed by atoms with Crippen molar-refractivity contribution in [3.05, 3.63) is 53.1 Å². The molecule has 0 aliphatic heterocycles. The Balaban J connectivity index is 2.43. The van der Waals surface area contributed by atoms with Gasteiger partial charge < -0.3 is 5.11 Å². The summed E-state index contributed by atoms with van der Waals surface area (Å²) in [5, 5.41) is 9.81. The first kappa shape index (κ1) is 13.7. The van der Waals surface area contributed by atoms with E-state index < -0.39 is 10.0 Å². The van der Waals surface area contributed by atoms with Gasteiger partial charge in [-0.3, -0.25) is 4.72 Å². The number of phenolic OH excluding ortho intramolecular Hbond substituents is 1. The molecule has 0 unspecified atom stereocenters. The highest BCUT2D eigenvalue weighted by Gasteiger charge is 2.18. The predicted octanol–water partition coefficient (Wildman–Crippen LogP) is 3.15. The number of para-hydroxylation sites is 1. The van der Waals surface area contributed by atoms with E-state index in [2.05, 4.69) is 4.72 Å². The number of halogens is 1. The quantitative estimate of drug-likeness (QED) is 0.855. The molecule has 6 heteroatoms. The van der Waals surface area contributed by atoms with Gasteiger partial charge in [0.1, 0.15) is 0 Å². The summed E-state index contributed by atoms with van der Waals surface area (Å²) in [6.07, 6.45) is 0. The summed E-state index contributed by atoms with van der Waals surface area (Å²) in [4.78, 5) is 0.161. The molecule has 4 nitrogen and oxygen atoms in total. The Hall–Kier alpha value is -1.72. The van der Waals surface area contributed by atoms with Gasteiger partial charge in [-0.2, -0.15) is 0 Å². The van der Waals surface area contributed by atoms with Gasteiger partial charge in [0.2, 0.25) is 0 Å². The highest BCUT2D eigenvalue weighted by atomic mass is 35.5. The van der Waals surface area contributed by atoms with Gasteiger partial charge in [-0.1, -0.05) is 35.9 Å². The van der Waals surface area contributed by atoms with Crippen molar-refractivity contribution in [3.63, 3.8) is 0 Å². The summed E-state index contributed by atoms with van der Waals surface area (Å²) in [7, 11) is -3.75. The maximum absolute atomic E-state index is 12.2. The molecule has 2 aromatic carbocycles. The van der Waals surface area contributed by atoms with E-state index >= 15 is 0 Å². The van der Waals surface area contributed by atoms with Crippen LogP contribution in [-0.4, -0.2) is 13.5 Å². The Bertz CT molecular complexity index is 714. The molecule has 0 aromatic heterocycles. The molecule has 2 rings (SSSR count). The molecule has 0 fully saturated rings. The van der Waals surface area contributed by atoms with E-state index in [-0.39, 0.29) is 21.4 Å². The Morgan fingerprint density at radius 2 is 1.79 bits per heavy atom. The number of hydrogen-bond donors (Lipinski definition) is 2. The maximum Gasteiger partial charge on any atom is 0.262 e. The van der Waals surface area contributed by atoms with Crippen LogP contribution in [0.2, 0.25) is 5.02 Å². The van der Waals surface area contributed by atoms with Crippen LogP contribution in [0.4, 0.5) is 5.69 Å². The van der Waals surface area contributed by atoms with Crippen LogP contribution in [0, 0.1) is 6.92 Å². The molecule has 0 bridgehead atoms.